The number of para-hydroxylation sites is 1. The van der Waals surface area contributed by atoms with Crippen LogP contribution in [0.15, 0.2) is 60.9 Å². The summed E-state index contributed by atoms with van der Waals surface area (Å²) in [5.74, 6) is 1.02. The number of nitrogens with zero attached hydrogens (tertiary/aromatic N) is 4. The molecule has 2 heterocycles. The highest BCUT2D eigenvalue weighted by Gasteiger charge is 2.29. The van der Waals surface area contributed by atoms with Crippen molar-refractivity contribution in [1.82, 2.24) is 19.5 Å². The van der Waals surface area contributed by atoms with Gasteiger partial charge in [-0.05, 0) is 36.2 Å². The van der Waals surface area contributed by atoms with Crippen LogP contribution in [-0.4, -0.2) is 26.1 Å². The standard InChI is InChI=1S/C22H21F3N6/c1-2-12-26-19-18-20(30-21(29-19)28-17-6-4-3-5-7-17)31(14-27-18)13-15-8-10-16(11-9-15)22(23,24)25/h3-11,14H,2,12-13H2,1H3,(H2,26,28,29,30). The molecule has 0 aliphatic heterocycles. The second kappa shape index (κ2) is 8.63. The van der Waals surface area contributed by atoms with Crippen molar-refractivity contribution in [3.05, 3.63) is 72.1 Å². The number of nitrogens with one attached hydrogen (secondary N) is 2. The van der Waals surface area contributed by atoms with Crippen molar-refractivity contribution in [2.45, 2.75) is 26.1 Å². The molecule has 0 spiro atoms. The Hall–Kier alpha value is -3.62. The molecule has 0 saturated heterocycles. The number of anilines is 3. The molecule has 4 rings (SSSR count). The number of alkyl halides is 3. The van der Waals surface area contributed by atoms with Gasteiger partial charge < -0.3 is 15.2 Å². The van der Waals surface area contributed by atoms with Crippen molar-refractivity contribution in [2.24, 2.45) is 0 Å². The molecule has 2 aromatic carbocycles. The third-order valence-corrected chi connectivity index (χ3v) is 4.67. The molecule has 4 aromatic rings. The van der Waals surface area contributed by atoms with Crippen LogP contribution in [0.1, 0.15) is 24.5 Å². The predicted octanol–water partition coefficient (Wildman–Crippen LogP) is 5.46. The molecule has 6 nitrogen and oxygen atoms in total. The van der Waals surface area contributed by atoms with Crippen LogP contribution in [0.3, 0.4) is 0 Å². The number of hydrogen-bond donors (Lipinski definition) is 2. The van der Waals surface area contributed by atoms with Crippen molar-refractivity contribution in [3.8, 4) is 0 Å². The Bertz CT molecular complexity index is 1150. The van der Waals surface area contributed by atoms with E-state index in [0.29, 0.717) is 35.0 Å². The molecule has 0 aliphatic carbocycles. The van der Waals surface area contributed by atoms with Crippen molar-refractivity contribution in [2.75, 3.05) is 17.2 Å². The zero-order valence-corrected chi connectivity index (χ0v) is 16.8. The first-order valence-corrected chi connectivity index (χ1v) is 9.89. The molecule has 0 amide bonds. The Morgan fingerprint density at radius 1 is 0.968 bits per heavy atom. The summed E-state index contributed by atoms with van der Waals surface area (Å²) < 4.78 is 40.3. The van der Waals surface area contributed by atoms with Crippen LogP contribution in [-0.2, 0) is 12.7 Å². The molecule has 0 fully saturated rings. The molecule has 0 bridgehead atoms. The van der Waals surface area contributed by atoms with E-state index in [-0.39, 0.29) is 0 Å². The maximum atomic E-state index is 12.8. The summed E-state index contributed by atoms with van der Waals surface area (Å²) in [6.45, 7) is 3.12. The number of imidazole rings is 1. The fourth-order valence-corrected chi connectivity index (χ4v) is 3.13. The van der Waals surface area contributed by atoms with Crippen LogP contribution in [0, 0.1) is 0 Å². The predicted molar refractivity (Wildman–Crippen MR) is 114 cm³/mol. The minimum Gasteiger partial charge on any atom is -0.368 e. The molecule has 2 N–H and O–H groups in total. The minimum atomic E-state index is -4.36. The normalized spacial score (nSPS) is 11.6. The summed E-state index contributed by atoms with van der Waals surface area (Å²) in [7, 11) is 0. The topological polar surface area (TPSA) is 67.7 Å². The number of rotatable bonds is 7. The lowest BCUT2D eigenvalue weighted by atomic mass is 10.1. The maximum Gasteiger partial charge on any atom is 0.416 e. The van der Waals surface area contributed by atoms with Crippen molar-refractivity contribution >= 4 is 28.6 Å². The lowest BCUT2D eigenvalue weighted by molar-refractivity contribution is -0.137. The van der Waals surface area contributed by atoms with Gasteiger partial charge in [0.25, 0.3) is 0 Å². The van der Waals surface area contributed by atoms with E-state index in [2.05, 4.69) is 32.5 Å². The monoisotopic (exact) mass is 426 g/mol. The number of halogens is 3. The Morgan fingerprint density at radius 3 is 2.39 bits per heavy atom. The molecule has 2 aromatic heterocycles. The van der Waals surface area contributed by atoms with Crippen LogP contribution in [0.25, 0.3) is 11.2 Å². The van der Waals surface area contributed by atoms with E-state index in [1.54, 1.807) is 10.9 Å². The third-order valence-electron chi connectivity index (χ3n) is 4.67. The summed E-state index contributed by atoms with van der Waals surface area (Å²) in [5, 5.41) is 6.46. The highest BCUT2D eigenvalue weighted by Crippen LogP contribution is 2.29. The van der Waals surface area contributed by atoms with Crippen molar-refractivity contribution in [1.29, 1.82) is 0 Å². The maximum absolute atomic E-state index is 12.8. The van der Waals surface area contributed by atoms with E-state index >= 15 is 0 Å². The smallest absolute Gasteiger partial charge is 0.368 e. The molecule has 9 heteroatoms. The summed E-state index contributed by atoms with van der Waals surface area (Å²) in [5.41, 5.74) is 2.09. The first-order valence-electron chi connectivity index (χ1n) is 9.89. The summed E-state index contributed by atoms with van der Waals surface area (Å²) in [6.07, 6.45) is -1.81. The molecule has 0 atom stereocenters. The number of aromatic nitrogens is 4. The molecule has 31 heavy (non-hydrogen) atoms. The van der Waals surface area contributed by atoms with Gasteiger partial charge in [0.1, 0.15) is 0 Å². The molecule has 0 radical (unpaired) electrons. The molecular formula is C22H21F3N6. The summed E-state index contributed by atoms with van der Waals surface area (Å²) in [4.78, 5) is 13.6. The molecule has 0 saturated carbocycles. The average molecular weight is 426 g/mol. The van der Waals surface area contributed by atoms with Crippen LogP contribution in [0.4, 0.5) is 30.6 Å². The van der Waals surface area contributed by atoms with Gasteiger partial charge in [-0.1, -0.05) is 37.3 Å². The molecular weight excluding hydrogens is 405 g/mol. The van der Waals surface area contributed by atoms with Crippen molar-refractivity contribution in [3.63, 3.8) is 0 Å². The highest BCUT2D eigenvalue weighted by atomic mass is 19.4. The highest BCUT2D eigenvalue weighted by molar-refractivity contribution is 5.84. The molecule has 160 valence electrons. The first-order chi connectivity index (χ1) is 14.9. The van der Waals surface area contributed by atoms with E-state index in [4.69, 9.17) is 0 Å². The van der Waals surface area contributed by atoms with E-state index < -0.39 is 11.7 Å². The van der Waals surface area contributed by atoms with Crippen LogP contribution in [0.2, 0.25) is 0 Å². The molecule has 0 unspecified atom stereocenters. The molecule has 0 aliphatic rings. The third kappa shape index (κ3) is 4.76. The van der Waals surface area contributed by atoms with Gasteiger partial charge in [-0.3, -0.25) is 0 Å². The Balaban J connectivity index is 1.68. The van der Waals surface area contributed by atoms with Gasteiger partial charge in [0.15, 0.2) is 17.0 Å². The number of hydrogen-bond acceptors (Lipinski definition) is 5. The quantitative estimate of drug-likeness (QED) is 0.411. The van der Waals surface area contributed by atoms with Gasteiger partial charge in [-0.2, -0.15) is 23.1 Å². The van der Waals surface area contributed by atoms with Gasteiger partial charge >= 0.3 is 6.18 Å². The van der Waals surface area contributed by atoms with E-state index in [1.165, 1.54) is 12.1 Å². The second-order valence-electron chi connectivity index (χ2n) is 7.05. The van der Waals surface area contributed by atoms with Crippen LogP contribution in [0.5, 0.6) is 0 Å². The van der Waals surface area contributed by atoms with Crippen molar-refractivity contribution < 1.29 is 13.2 Å². The SMILES string of the molecule is CCCNc1nc(Nc2ccccc2)nc2c1ncn2Cc1ccc(C(F)(F)F)cc1. The summed E-state index contributed by atoms with van der Waals surface area (Å²) in [6, 6.07) is 14.7. The lowest BCUT2D eigenvalue weighted by Crippen LogP contribution is -2.08. The average Bonchev–Trinajstić information content (AvgIpc) is 3.15. The zero-order chi connectivity index (χ0) is 21.8. The largest absolute Gasteiger partial charge is 0.416 e. The summed E-state index contributed by atoms with van der Waals surface area (Å²) >= 11 is 0. The van der Waals surface area contributed by atoms with Gasteiger partial charge in [-0.25, -0.2) is 4.98 Å². The zero-order valence-electron chi connectivity index (χ0n) is 16.8. The Morgan fingerprint density at radius 2 is 1.71 bits per heavy atom. The van der Waals surface area contributed by atoms with Crippen LogP contribution >= 0.6 is 0 Å². The lowest BCUT2D eigenvalue weighted by Gasteiger charge is -2.11. The minimum absolute atomic E-state index is 0.337. The fraction of sp³-hybridized carbons (Fsp3) is 0.227. The Labute approximate surface area is 177 Å². The number of fused-ring (bicyclic) bond motifs is 1. The first kappa shape index (κ1) is 20.6. The van der Waals surface area contributed by atoms with Gasteiger partial charge in [-0.15, -0.1) is 0 Å². The fourth-order valence-electron chi connectivity index (χ4n) is 3.13. The van der Waals surface area contributed by atoms with Gasteiger partial charge in [0.05, 0.1) is 18.4 Å². The second-order valence-corrected chi connectivity index (χ2v) is 7.05. The van der Waals surface area contributed by atoms with E-state index in [0.717, 1.165) is 30.8 Å². The number of benzene rings is 2. The van der Waals surface area contributed by atoms with E-state index in [1.807, 2.05) is 30.3 Å². The van der Waals surface area contributed by atoms with Gasteiger partial charge in [0, 0.05) is 12.2 Å². The van der Waals surface area contributed by atoms with Gasteiger partial charge in [0.2, 0.25) is 5.95 Å². The Kier molecular flexibility index (Phi) is 5.75. The van der Waals surface area contributed by atoms with E-state index in [9.17, 15) is 13.2 Å². The van der Waals surface area contributed by atoms with Crippen LogP contribution < -0.4 is 10.6 Å².